The molecule has 0 saturated carbocycles. The third kappa shape index (κ3) is 2.20. The van der Waals surface area contributed by atoms with Gasteiger partial charge in [0.25, 0.3) is 0 Å². The second-order valence-electron chi connectivity index (χ2n) is 3.23. The average Bonchev–Trinajstić information content (AvgIpc) is 2.61. The Balaban J connectivity index is 2.23. The molecule has 2 rings (SSSR count). The van der Waals surface area contributed by atoms with Crippen LogP contribution in [0.5, 0.6) is 0 Å². The molecule has 0 saturated heterocycles. The van der Waals surface area contributed by atoms with Crippen molar-refractivity contribution in [3.05, 3.63) is 23.8 Å². The lowest BCUT2D eigenvalue weighted by Gasteiger charge is -2.01. The highest BCUT2D eigenvalue weighted by Crippen LogP contribution is 2.22. The molecule has 0 amide bonds. The van der Waals surface area contributed by atoms with Gasteiger partial charge in [-0.05, 0) is 24.8 Å². The van der Waals surface area contributed by atoms with Gasteiger partial charge in [0, 0.05) is 19.8 Å². The van der Waals surface area contributed by atoms with Gasteiger partial charge in [0.2, 0.25) is 0 Å². The first-order valence-corrected chi connectivity index (χ1v) is 5.58. The Morgan fingerprint density at radius 2 is 2.25 bits per heavy atom. The maximum absolute atomic E-state index is 5.51. The van der Waals surface area contributed by atoms with Crippen LogP contribution in [0.15, 0.2) is 22.6 Å². The zero-order valence-corrected chi connectivity index (χ0v) is 9.90. The Morgan fingerprint density at radius 1 is 1.44 bits per heavy atom. The van der Waals surface area contributed by atoms with Crippen molar-refractivity contribution >= 4 is 11.8 Å². The largest absolute Gasteiger partial charge is 0.325 e. The first kappa shape index (κ1) is 11.0. The van der Waals surface area contributed by atoms with Gasteiger partial charge < -0.3 is 10.3 Å². The average molecular weight is 236 g/mol. The molecule has 2 heterocycles. The Hall–Kier alpha value is -1.47. The van der Waals surface area contributed by atoms with Crippen LogP contribution in [0.4, 0.5) is 0 Å². The fraction of sp³-hybridized carbons (Fsp3) is 0.333. The molecule has 0 radical (unpaired) electrons. The molecule has 16 heavy (non-hydrogen) atoms. The first-order valence-electron chi connectivity index (χ1n) is 4.76. The van der Waals surface area contributed by atoms with Gasteiger partial charge in [-0.1, -0.05) is 0 Å². The summed E-state index contributed by atoms with van der Waals surface area (Å²) in [6.07, 6.45) is 1.70. The van der Waals surface area contributed by atoms with Gasteiger partial charge in [-0.25, -0.2) is 9.97 Å². The molecule has 2 aromatic heterocycles. The predicted octanol–water partition coefficient (Wildman–Crippen LogP) is 0.523. The van der Waals surface area contributed by atoms with Crippen LogP contribution in [0.3, 0.4) is 0 Å². The Bertz CT molecular complexity index is 494. The molecular formula is C9H12N6S. The molecule has 84 valence electrons. The topological polar surface area (TPSA) is 82.5 Å². The maximum atomic E-state index is 5.51. The zero-order chi connectivity index (χ0) is 11.5. The standard InChI is InChI=1S/C9H12N6S/c1-6-13-14-9(15(6)2)16-8-11-4-3-7(5-10)12-8/h3-4H,5,10H2,1-2H3. The van der Waals surface area contributed by atoms with E-state index >= 15 is 0 Å². The van der Waals surface area contributed by atoms with E-state index in [1.54, 1.807) is 12.3 Å². The van der Waals surface area contributed by atoms with Crippen LogP contribution in [0.25, 0.3) is 0 Å². The van der Waals surface area contributed by atoms with Crippen molar-refractivity contribution in [2.24, 2.45) is 12.8 Å². The monoisotopic (exact) mass is 236 g/mol. The molecule has 2 N–H and O–H groups in total. The lowest BCUT2D eigenvalue weighted by atomic mass is 10.4. The molecule has 2 aromatic rings. The SMILES string of the molecule is Cc1nnc(Sc2nccc(CN)n2)n1C. The second-order valence-corrected chi connectivity index (χ2v) is 4.16. The van der Waals surface area contributed by atoms with E-state index in [9.17, 15) is 0 Å². The summed E-state index contributed by atoms with van der Waals surface area (Å²) in [7, 11) is 1.91. The Labute approximate surface area is 97.3 Å². The Kier molecular flexibility index (Phi) is 3.16. The van der Waals surface area contributed by atoms with E-state index in [1.807, 2.05) is 18.5 Å². The zero-order valence-electron chi connectivity index (χ0n) is 9.08. The minimum absolute atomic E-state index is 0.411. The summed E-state index contributed by atoms with van der Waals surface area (Å²) < 4.78 is 1.89. The number of hydrogen-bond donors (Lipinski definition) is 1. The van der Waals surface area contributed by atoms with E-state index in [2.05, 4.69) is 20.2 Å². The van der Waals surface area contributed by atoms with Crippen LogP contribution in [-0.2, 0) is 13.6 Å². The van der Waals surface area contributed by atoms with Gasteiger partial charge in [-0.2, -0.15) is 0 Å². The predicted molar refractivity (Wildman–Crippen MR) is 59.8 cm³/mol. The van der Waals surface area contributed by atoms with E-state index in [0.717, 1.165) is 16.7 Å². The van der Waals surface area contributed by atoms with Gasteiger partial charge >= 0.3 is 0 Å². The summed E-state index contributed by atoms with van der Waals surface area (Å²) in [4.78, 5) is 8.43. The molecule has 7 heteroatoms. The quantitative estimate of drug-likeness (QED) is 0.782. The molecular weight excluding hydrogens is 224 g/mol. The molecule has 0 unspecified atom stereocenters. The molecule has 0 atom stereocenters. The van der Waals surface area contributed by atoms with Gasteiger partial charge in [0.05, 0.1) is 5.69 Å². The molecule has 6 nitrogen and oxygen atoms in total. The summed E-state index contributed by atoms with van der Waals surface area (Å²) in [5.74, 6) is 0.859. The fourth-order valence-electron chi connectivity index (χ4n) is 1.10. The molecule has 0 aliphatic heterocycles. The molecule has 0 aliphatic rings. The van der Waals surface area contributed by atoms with E-state index in [4.69, 9.17) is 5.73 Å². The third-order valence-corrected chi connectivity index (χ3v) is 3.05. The summed E-state index contributed by atoms with van der Waals surface area (Å²) in [6.45, 7) is 2.31. The number of aryl methyl sites for hydroxylation is 1. The smallest absolute Gasteiger partial charge is 0.198 e. The number of nitrogens with zero attached hydrogens (tertiary/aromatic N) is 5. The van der Waals surface area contributed by atoms with E-state index in [0.29, 0.717) is 11.7 Å². The molecule has 0 fully saturated rings. The number of rotatable bonds is 3. The van der Waals surface area contributed by atoms with Crippen LogP contribution < -0.4 is 5.73 Å². The number of aromatic nitrogens is 5. The van der Waals surface area contributed by atoms with Crippen molar-refractivity contribution < 1.29 is 0 Å². The van der Waals surface area contributed by atoms with Gasteiger partial charge in [0.15, 0.2) is 10.3 Å². The molecule has 0 aliphatic carbocycles. The Morgan fingerprint density at radius 3 is 2.88 bits per heavy atom. The van der Waals surface area contributed by atoms with Crippen LogP contribution in [0, 0.1) is 6.92 Å². The molecule has 0 bridgehead atoms. The summed E-state index contributed by atoms with van der Waals surface area (Å²) >= 11 is 1.38. The summed E-state index contributed by atoms with van der Waals surface area (Å²) in [5.41, 5.74) is 6.33. The lowest BCUT2D eigenvalue weighted by molar-refractivity contribution is 0.760. The van der Waals surface area contributed by atoms with Crippen molar-refractivity contribution in [1.29, 1.82) is 0 Å². The second kappa shape index (κ2) is 4.58. The van der Waals surface area contributed by atoms with Crippen molar-refractivity contribution in [2.75, 3.05) is 0 Å². The van der Waals surface area contributed by atoms with Crippen LogP contribution in [-0.4, -0.2) is 24.7 Å². The summed E-state index contributed by atoms with van der Waals surface area (Å²) in [6, 6.07) is 1.80. The van der Waals surface area contributed by atoms with Crippen LogP contribution in [0.2, 0.25) is 0 Å². The van der Waals surface area contributed by atoms with Crippen molar-refractivity contribution in [1.82, 2.24) is 24.7 Å². The lowest BCUT2D eigenvalue weighted by Crippen LogP contribution is -2.01. The normalized spacial score (nSPS) is 10.7. The minimum Gasteiger partial charge on any atom is -0.325 e. The van der Waals surface area contributed by atoms with Gasteiger partial charge in [-0.15, -0.1) is 10.2 Å². The highest BCUT2D eigenvalue weighted by Gasteiger charge is 2.08. The van der Waals surface area contributed by atoms with E-state index < -0.39 is 0 Å². The van der Waals surface area contributed by atoms with Crippen LogP contribution >= 0.6 is 11.8 Å². The fourth-order valence-corrected chi connectivity index (χ4v) is 1.89. The molecule has 0 spiro atoms. The van der Waals surface area contributed by atoms with Crippen molar-refractivity contribution in [3.63, 3.8) is 0 Å². The number of hydrogen-bond acceptors (Lipinski definition) is 6. The summed E-state index contributed by atoms with van der Waals surface area (Å²) in [5, 5.41) is 9.41. The van der Waals surface area contributed by atoms with Gasteiger partial charge in [-0.3, -0.25) is 0 Å². The van der Waals surface area contributed by atoms with Crippen molar-refractivity contribution in [2.45, 2.75) is 23.8 Å². The van der Waals surface area contributed by atoms with E-state index in [1.165, 1.54) is 11.8 Å². The number of nitrogens with two attached hydrogens (primary N) is 1. The first-order chi connectivity index (χ1) is 7.70. The van der Waals surface area contributed by atoms with Crippen LogP contribution in [0.1, 0.15) is 11.5 Å². The van der Waals surface area contributed by atoms with Crippen molar-refractivity contribution in [3.8, 4) is 0 Å². The van der Waals surface area contributed by atoms with Gasteiger partial charge in [0.1, 0.15) is 5.82 Å². The molecule has 0 aromatic carbocycles. The maximum Gasteiger partial charge on any atom is 0.198 e. The highest BCUT2D eigenvalue weighted by atomic mass is 32.2. The minimum atomic E-state index is 0.411. The van der Waals surface area contributed by atoms with E-state index in [-0.39, 0.29) is 0 Å². The third-order valence-electron chi connectivity index (χ3n) is 2.14. The highest BCUT2D eigenvalue weighted by molar-refractivity contribution is 7.99.